The first kappa shape index (κ1) is 22.1. The summed E-state index contributed by atoms with van der Waals surface area (Å²) in [5, 5.41) is 18.0. The van der Waals surface area contributed by atoms with Crippen molar-refractivity contribution in [2.75, 3.05) is 11.3 Å². The highest BCUT2D eigenvalue weighted by atomic mass is 35.5. The number of fused-ring (bicyclic) bond motifs is 8. The summed E-state index contributed by atoms with van der Waals surface area (Å²) >= 11 is 6.10. The lowest BCUT2D eigenvalue weighted by Crippen LogP contribution is -2.15. The second kappa shape index (κ2) is 8.26. The van der Waals surface area contributed by atoms with Crippen molar-refractivity contribution in [1.29, 1.82) is 0 Å². The van der Waals surface area contributed by atoms with Gasteiger partial charge in [-0.25, -0.2) is 17.2 Å². The highest BCUT2D eigenvalue weighted by Gasteiger charge is 2.26. The van der Waals surface area contributed by atoms with Crippen LogP contribution in [-0.2, 0) is 16.6 Å². The molecule has 1 aromatic heterocycles. The molecule has 12 heteroatoms. The van der Waals surface area contributed by atoms with Crippen LogP contribution < -0.4 is 9.46 Å². The Bertz CT molecular complexity index is 1540. The van der Waals surface area contributed by atoms with Gasteiger partial charge in [-0.3, -0.25) is 4.72 Å². The van der Waals surface area contributed by atoms with E-state index >= 15 is 0 Å². The Kier molecular flexibility index (Phi) is 5.37. The number of phenolic OH excluding ortho intramolecular Hbond substituents is 1. The van der Waals surface area contributed by atoms with Gasteiger partial charge in [0.2, 0.25) is 0 Å². The summed E-state index contributed by atoms with van der Waals surface area (Å²) in [5.41, 5.74) is -0.0577. The Morgan fingerprint density at radius 3 is 2.71 bits per heavy atom. The fourth-order valence-corrected chi connectivity index (χ4v) is 5.13. The Hall–Kier alpha value is -3.70. The van der Waals surface area contributed by atoms with Gasteiger partial charge in [0.1, 0.15) is 35.2 Å². The van der Waals surface area contributed by atoms with Crippen LogP contribution in [-0.4, -0.2) is 34.9 Å². The number of rotatable bonds is 0. The smallest absolute Gasteiger partial charge is 0.265 e. The highest BCUT2D eigenvalue weighted by Crippen LogP contribution is 2.39. The van der Waals surface area contributed by atoms with Crippen molar-refractivity contribution < 1.29 is 27.0 Å². The van der Waals surface area contributed by atoms with E-state index in [0.717, 1.165) is 12.1 Å². The van der Waals surface area contributed by atoms with Crippen LogP contribution in [0.15, 0.2) is 59.8 Å². The summed E-state index contributed by atoms with van der Waals surface area (Å²) in [5.74, 6) is -2.20. The fourth-order valence-electron chi connectivity index (χ4n) is 3.65. The second-order valence-corrected chi connectivity index (χ2v) is 9.47. The monoisotopic (exact) mass is 504 g/mol. The molecule has 0 saturated heterocycles. The topological polar surface area (TPSA) is 106 Å². The Morgan fingerprint density at radius 1 is 1.09 bits per heavy atom. The first-order valence-electron chi connectivity index (χ1n) is 9.89. The number of nitrogens with one attached hydrogen (secondary N) is 1. The zero-order valence-electron chi connectivity index (χ0n) is 17.2. The maximum Gasteiger partial charge on any atom is 0.265 e. The average molecular weight is 505 g/mol. The number of phenols is 1. The maximum atomic E-state index is 14.8. The number of anilines is 1. The van der Waals surface area contributed by atoms with Gasteiger partial charge >= 0.3 is 0 Å². The van der Waals surface area contributed by atoms with Crippen LogP contribution in [0, 0.1) is 11.6 Å². The van der Waals surface area contributed by atoms with Crippen LogP contribution in [0.2, 0.25) is 5.02 Å². The number of halogens is 3. The van der Waals surface area contributed by atoms with Gasteiger partial charge in [0.25, 0.3) is 10.0 Å². The van der Waals surface area contributed by atoms with E-state index in [4.69, 9.17) is 16.3 Å². The molecule has 34 heavy (non-hydrogen) atoms. The number of aromatic nitrogens is 3. The molecule has 0 spiro atoms. The quantitative estimate of drug-likeness (QED) is 0.366. The van der Waals surface area contributed by atoms with Gasteiger partial charge in [-0.05, 0) is 24.3 Å². The molecule has 0 fully saturated rings. The number of sulfonamides is 1. The lowest BCUT2D eigenvalue weighted by atomic mass is 10.0. The van der Waals surface area contributed by atoms with Gasteiger partial charge in [-0.1, -0.05) is 29.8 Å². The van der Waals surface area contributed by atoms with Crippen molar-refractivity contribution in [3.63, 3.8) is 0 Å². The molecule has 5 rings (SSSR count). The molecule has 174 valence electrons. The fraction of sp³-hybridized carbons (Fsp3) is 0.0909. The summed E-state index contributed by atoms with van der Waals surface area (Å²) in [6.07, 6.45) is 1.42. The Labute approximate surface area is 197 Å². The number of hydrogen-bond acceptors (Lipinski definition) is 6. The van der Waals surface area contributed by atoms with Crippen molar-refractivity contribution in [3.8, 4) is 34.0 Å². The number of benzene rings is 3. The number of aromatic hydroxyl groups is 1. The number of nitrogens with zero attached hydrogens (tertiary/aromatic N) is 3. The van der Waals surface area contributed by atoms with E-state index in [2.05, 4.69) is 14.9 Å². The molecule has 1 aliphatic heterocycles. The second-order valence-electron chi connectivity index (χ2n) is 7.41. The summed E-state index contributed by atoms with van der Waals surface area (Å²) in [7, 11) is -4.56. The Balaban J connectivity index is 1.76. The average Bonchev–Trinajstić information content (AvgIpc) is 3.25. The zero-order valence-corrected chi connectivity index (χ0v) is 18.7. The van der Waals surface area contributed by atoms with E-state index in [1.807, 2.05) is 0 Å². The number of ether oxygens (including phenoxy) is 1. The lowest BCUT2D eigenvalue weighted by molar-refractivity contribution is 0.300. The molecule has 1 aliphatic rings. The molecule has 4 aromatic rings. The summed E-state index contributed by atoms with van der Waals surface area (Å²) in [6, 6.07) is 10.6. The molecule has 0 unspecified atom stereocenters. The van der Waals surface area contributed by atoms with Crippen LogP contribution in [0.25, 0.3) is 22.5 Å². The molecule has 3 aromatic carbocycles. The number of para-hydroxylation sites is 1. The minimum absolute atomic E-state index is 0.0782. The summed E-state index contributed by atoms with van der Waals surface area (Å²) < 4.78 is 65.3. The predicted octanol–water partition coefficient (Wildman–Crippen LogP) is 4.44. The van der Waals surface area contributed by atoms with E-state index in [0.29, 0.717) is 17.4 Å². The normalized spacial score (nSPS) is 14.6. The third-order valence-electron chi connectivity index (χ3n) is 5.26. The van der Waals surface area contributed by atoms with Gasteiger partial charge < -0.3 is 14.4 Å². The van der Waals surface area contributed by atoms with Crippen molar-refractivity contribution in [2.24, 2.45) is 0 Å². The minimum Gasteiger partial charge on any atom is -0.505 e. The van der Waals surface area contributed by atoms with E-state index in [-0.39, 0.29) is 35.1 Å². The van der Waals surface area contributed by atoms with Crippen molar-refractivity contribution >= 4 is 27.3 Å². The van der Waals surface area contributed by atoms with E-state index < -0.39 is 38.0 Å². The van der Waals surface area contributed by atoms with Gasteiger partial charge in [-0.15, -0.1) is 10.2 Å². The molecule has 0 radical (unpaired) electrons. The van der Waals surface area contributed by atoms with E-state index in [9.17, 15) is 22.3 Å². The molecule has 2 N–H and O–H groups in total. The lowest BCUT2D eigenvalue weighted by Gasteiger charge is -2.15. The van der Waals surface area contributed by atoms with Gasteiger partial charge in [0, 0.05) is 22.8 Å². The summed E-state index contributed by atoms with van der Waals surface area (Å²) in [4.78, 5) is -0.610. The van der Waals surface area contributed by atoms with Gasteiger partial charge in [-0.2, -0.15) is 0 Å². The molecule has 4 bridgehead atoms. The minimum atomic E-state index is -4.56. The molecule has 2 heterocycles. The van der Waals surface area contributed by atoms with Crippen molar-refractivity contribution in [3.05, 3.63) is 71.5 Å². The third-order valence-corrected chi connectivity index (χ3v) is 6.93. The van der Waals surface area contributed by atoms with Crippen LogP contribution >= 0.6 is 11.6 Å². The van der Waals surface area contributed by atoms with Crippen LogP contribution in [0.3, 0.4) is 0 Å². The van der Waals surface area contributed by atoms with Crippen molar-refractivity contribution in [2.45, 2.75) is 11.4 Å². The Morgan fingerprint density at radius 2 is 1.88 bits per heavy atom. The first-order valence-corrected chi connectivity index (χ1v) is 11.8. The number of hydrogen-bond donors (Lipinski definition) is 2. The molecule has 8 nitrogen and oxygen atoms in total. The summed E-state index contributed by atoms with van der Waals surface area (Å²) in [6.45, 7) is 0.388. The molecule has 0 saturated carbocycles. The van der Waals surface area contributed by atoms with Crippen molar-refractivity contribution in [1.82, 2.24) is 14.8 Å². The maximum absolute atomic E-state index is 14.8. The molecule has 0 aliphatic carbocycles. The van der Waals surface area contributed by atoms with Crippen LogP contribution in [0.1, 0.15) is 0 Å². The molecular formula is C22H15ClF2N4O4S. The van der Waals surface area contributed by atoms with Gasteiger partial charge in [0.05, 0.1) is 17.3 Å². The zero-order chi connectivity index (χ0) is 24.0. The van der Waals surface area contributed by atoms with Gasteiger partial charge in [0.15, 0.2) is 11.6 Å². The largest absolute Gasteiger partial charge is 0.505 e. The van der Waals surface area contributed by atoms with Crippen LogP contribution in [0.5, 0.6) is 11.5 Å². The SMILES string of the molecule is O=S1(=O)Nc2cc(c(F)cc2F)-c2ccccc2OCCn2cnnc2-c2cc(Cl)c(O)c1c2. The predicted molar refractivity (Wildman–Crippen MR) is 120 cm³/mol. The van der Waals surface area contributed by atoms with E-state index in [1.165, 1.54) is 12.4 Å². The highest BCUT2D eigenvalue weighted by molar-refractivity contribution is 7.92. The molecule has 0 atom stereocenters. The van der Waals surface area contributed by atoms with Crippen LogP contribution in [0.4, 0.5) is 14.5 Å². The molecule has 0 amide bonds. The third kappa shape index (κ3) is 3.82. The molecular weight excluding hydrogens is 490 g/mol. The first-order chi connectivity index (χ1) is 16.2. The van der Waals surface area contributed by atoms with E-state index in [1.54, 1.807) is 28.8 Å². The standard InChI is InChI=1S/C22H15ClF2N4O4S/c23-15-7-12-8-20(21(15)30)34(31,32)28-18-9-14(16(24)10-17(18)25)13-3-1-2-4-19(13)33-6-5-29-11-26-27-22(12)29/h1-4,7-11,28,30H,5-6H2.